The number of fused-ring (bicyclic) bond motifs is 1. The first-order chi connectivity index (χ1) is 18.6. The van der Waals surface area contributed by atoms with Gasteiger partial charge in [-0.25, -0.2) is 4.79 Å². The average Bonchev–Trinajstić information content (AvgIpc) is 3.29. The predicted molar refractivity (Wildman–Crippen MR) is 152 cm³/mol. The Hall–Kier alpha value is -4.33. The number of amides is 2. The number of hydrogen-bond acceptors (Lipinski definition) is 6. The highest BCUT2D eigenvalue weighted by Crippen LogP contribution is 2.30. The molecule has 39 heavy (non-hydrogen) atoms. The summed E-state index contributed by atoms with van der Waals surface area (Å²) in [4.78, 5) is 30.5. The van der Waals surface area contributed by atoms with E-state index in [1.165, 1.54) is 5.56 Å². The summed E-state index contributed by atoms with van der Waals surface area (Å²) >= 11 is 0. The van der Waals surface area contributed by atoms with Gasteiger partial charge in [-0.15, -0.1) is 0 Å². The van der Waals surface area contributed by atoms with Crippen molar-refractivity contribution in [1.29, 1.82) is 0 Å². The molecule has 2 N–H and O–H groups in total. The number of aliphatic imine (C=N–C) groups is 1. The number of ether oxygens (including phenoxy) is 3. The zero-order valence-corrected chi connectivity index (χ0v) is 23.3. The smallest absolute Gasteiger partial charge is 0.407 e. The summed E-state index contributed by atoms with van der Waals surface area (Å²) in [7, 11) is 3.15. The van der Waals surface area contributed by atoms with Gasteiger partial charge in [0.15, 0.2) is 0 Å². The second kappa shape index (κ2) is 11.6. The molecule has 3 aromatic rings. The lowest BCUT2D eigenvalue weighted by Gasteiger charge is -2.23. The van der Waals surface area contributed by atoms with Gasteiger partial charge in [-0.1, -0.05) is 24.3 Å². The van der Waals surface area contributed by atoms with Crippen molar-refractivity contribution in [3.05, 3.63) is 82.9 Å². The summed E-state index contributed by atoms with van der Waals surface area (Å²) in [6.07, 6.45) is -0.566. The maximum atomic E-state index is 13.6. The number of hydrogen-bond donors (Lipinski definition) is 2. The van der Waals surface area contributed by atoms with E-state index in [-0.39, 0.29) is 12.5 Å². The molecule has 1 aliphatic rings. The van der Waals surface area contributed by atoms with Gasteiger partial charge < -0.3 is 24.8 Å². The van der Waals surface area contributed by atoms with E-state index < -0.39 is 17.7 Å². The number of methoxy groups -OCH3 is 2. The SMILES string of the molecule is COc1cc(C(=O)NC(CNC(=O)OC(C)(C)C)c2cccc(OC)c2)cc(-c2ccc3c(c2)C(C)=NC3)c1. The summed E-state index contributed by atoms with van der Waals surface area (Å²) < 4.78 is 16.3. The molecule has 4 rings (SSSR count). The van der Waals surface area contributed by atoms with Gasteiger partial charge in [0.1, 0.15) is 17.1 Å². The number of nitrogens with zero attached hydrogens (tertiary/aromatic N) is 1. The molecule has 1 heterocycles. The minimum atomic E-state index is -0.641. The highest BCUT2D eigenvalue weighted by Gasteiger charge is 2.22. The van der Waals surface area contributed by atoms with Gasteiger partial charge in [-0.2, -0.15) is 0 Å². The van der Waals surface area contributed by atoms with E-state index >= 15 is 0 Å². The van der Waals surface area contributed by atoms with E-state index in [9.17, 15) is 9.59 Å². The van der Waals surface area contributed by atoms with Crippen LogP contribution in [-0.2, 0) is 11.3 Å². The Bertz CT molecular complexity index is 1410. The third-order valence-corrected chi connectivity index (χ3v) is 6.37. The van der Waals surface area contributed by atoms with E-state index in [2.05, 4.69) is 27.8 Å². The molecule has 3 aromatic carbocycles. The normalized spacial score (nSPS) is 13.1. The van der Waals surface area contributed by atoms with Crippen LogP contribution in [0.15, 0.2) is 65.7 Å². The van der Waals surface area contributed by atoms with E-state index in [4.69, 9.17) is 14.2 Å². The molecule has 0 spiro atoms. The quantitative estimate of drug-likeness (QED) is 0.391. The largest absolute Gasteiger partial charge is 0.497 e. The first-order valence-corrected chi connectivity index (χ1v) is 12.8. The molecule has 2 amide bonds. The van der Waals surface area contributed by atoms with E-state index in [0.29, 0.717) is 23.6 Å². The fourth-order valence-corrected chi connectivity index (χ4v) is 4.39. The molecule has 0 aliphatic carbocycles. The van der Waals surface area contributed by atoms with Crippen LogP contribution in [-0.4, -0.2) is 44.1 Å². The Morgan fingerprint density at radius 3 is 2.44 bits per heavy atom. The average molecular weight is 530 g/mol. The van der Waals surface area contributed by atoms with Gasteiger partial charge in [0.25, 0.3) is 5.91 Å². The molecule has 1 unspecified atom stereocenters. The van der Waals surface area contributed by atoms with Crippen LogP contribution in [0, 0.1) is 0 Å². The fourth-order valence-electron chi connectivity index (χ4n) is 4.39. The fraction of sp³-hybridized carbons (Fsp3) is 0.323. The zero-order valence-electron chi connectivity index (χ0n) is 23.3. The Morgan fingerprint density at radius 2 is 1.72 bits per heavy atom. The number of alkyl carbamates (subject to hydrolysis) is 1. The lowest BCUT2D eigenvalue weighted by molar-refractivity contribution is 0.0520. The van der Waals surface area contributed by atoms with Crippen LogP contribution < -0.4 is 20.1 Å². The summed E-state index contributed by atoms with van der Waals surface area (Å²) in [5.41, 5.74) is 5.70. The molecule has 0 saturated carbocycles. The molecule has 0 fully saturated rings. The summed E-state index contributed by atoms with van der Waals surface area (Å²) in [6.45, 7) is 8.20. The molecule has 0 radical (unpaired) electrons. The summed E-state index contributed by atoms with van der Waals surface area (Å²) in [5.74, 6) is 0.893. The first-order valence-electron chi connectivity index (χ1n) is 12.8. The van der Waals surface area contributed by atoms with Gasteiger partial charge >= 0.3 is 6.09 Å². The van der Waals surface area contributed by atoms with E-state index in [0.717, 1.165) is 28.0 Å². The van der Waals surface area contributed by atoms with Gasteiger partial charge in [-0.05, 0) is 86.3 Å². The molecule has 0 bridgehead atoms. The van der Waals surface area contributed by atoms with Crippen molar-refractivity contribution in [2.24, 2.45) is 4.99 Å². The van der Waals surface area contributed by atoms with Crippen molar-refractivity contribution in [3.63, 3.8) is 0 Å². The first kappa shape index (κ1) is 27.7. The van der Waals surface area contributed by atoms with Crippen LogP contribution in [0.3, 0.4) is 0 Å². The Balaban J connectivity index is 1.61. The van der Waals surface area contributed by atoms with Crippen molar-refractivity contribution < 1.29 is 23.8 Å². The number of nitrogens with one attached hydrogen (secondary N) is 2. The summed E-state index contributed by atoms with van der Waals surface area (Å²) in [6, 6.07) is 18.5. The third kappa shape index (κ3) is 6.96. The minimum absolute atomic E-state index is 0.119. The van der Waals surface area contributed by atoms with Gasteiger partial charge in [0, 0.05) is 23.4 Å². The third-order valence-electron chi connectivity index (χ3n) is 6.37. The number of carbonyl (C=O) groups excluding carboxylic acids is 2. The number of benzene rings is 3. The van der Waals surface area contributed by atoms with Crippen molar-refractivity contribution in [2.45, 2.75) is 45.9 Å². The maximum Gasteiger partial charge on any atom is 0.407 e. The Kier molecular flexibility index (Phi) is 8.24. The predicted octanol–water partition coefficient (Wildman–Crippen LogP) is 5.69. The Morgan fingerprint density at radius 1 is 0.949 bits per heavy atom. The van der Waals surface area contributed by atoms with Crippen molar-refractivity contribution in [2.75, 3.05) is 20.8 Å². The molecule has 1 atom stereocenters. The van der Waals surface area contributed by atoms with Gasteiger partial charge in [-0.3, -0.25) is 9.79 Å². The minimum Gasteiger partial charge on any atom is -0.497 e. The second-order valence-electron chi connectivity index (χ2n) is 10.4. The zero-order chi connectivity index (χ0) is 28.2. The highest BCUT2D eigenvalue weighted by molar-refractivity contribution is 6.03. The molecular weight excluding hydrogens is 494 g/mol. The highest BCUT2D eigenvalue weighted by atomic mass is 16.6. The monoisotopic (exact) mass is 529 g/mol. The van der Waals surface area contributed by atoms with Gasteiger partial charge in [0.2, 0.25) is 0 Å². The lowest BCUT2D eigenvalue weighted by atomic mass is 9.96. The number of carbonyl (C=O) groups is 2. The van der Waals surface area contributed by atoms with Crippen LogP contribution >= 0.6 is 0 Å². The molecule has 1 aliphatic heterocycles. The Labute approximate surface area is 229 Å². The van der Waals surface area contributed by atoms with Crippen LogP contribution in [0.4, 0.5) is 4.79 Å². The van der Waals surface area contributed by atoms with Crippen LogP contribution in [0.5, 0.6) is 11.5 Å². The molecular formula is C31H35N3O5. The molecule has 0 aromatic heterocycles. The maximum absolute atomic E-state index is 13.6. The van der Waals surface area contributed by atoms with Crippen LogP contribution in [0.1, 0.15) is 60.8 Å². The molecule has 204 valence electrons. The van der Waals surface area contributed by atoms with Gasteiger partial charge in [0.05, 0.1) is 26.8 Å². The molecule has 0 saturated heterocycles. The topological polar surface area (TPSA) is 98.3 Å². The van der Waals surface area contributed by atoms with Crippen LogP contribution in [0.25, 0.3) is 11.1 Å². The standard InChI is InChI=1S/C31H35N3O5/c1-19-27-16-20(10-11-22(27)17-32-19)23-12-24(15-26(14-23)38-6)29(35)34-28(18-33-30(36)39-31(2,3)4)21-8-7-9-25(13-21)37-5/h7-16,28H,17-18H2,1-6H3,(H,33,36)(H,34,35). The van der Waals surface area contributed by atoms with E-state index in [1.807, 2.05) is 49.4 Å². The van der Waals surface area contributed by atoms with Crippen molar-refractivity contribution in [3.8, 4) is 22.6 Å². The summed E-state index contributed by atoms with van der Waals surface area (Å²) in [5, 5.41) is 5.83. The lowest BCUT2D eigenvalue weighted by Crippen LogP contribution is -2.40. The molecule has 8 heteroatoms. The van der Waals surface area contributed by atoms with Crippen LogP contribution in [0.2, 0.25) is 0 Å². The number of rotatable bonds is 8. The molecule has 8 nitrogen and oxygen atoms in total. The van der Waals surface area contributed by atoms with Crippen molar-refractivity contribution >= 4 is 17.7 Å². The second-order valence-corrected chi connectivity index (χ2v) is 10.4. The van der Waals surface area contributed by atoms with E-state index in [1.54, 1.807) is 41.1 Å². The van der Waals surface area contributed by atoms with Crippen molar-refractivity contribution in [1.82, 2.24) is 10.6 Å².